The summed E-state index contributed by atoms with van der Waals surface area (Å²) in [4.78, 5) is 24.1. The molecule has 0 rings (SSSR count). The number of rotatable bonds is 7. The Bertz CT molecular complexity index is 414. The first-order valence-electron chi connectivity index (χ1n) is 6.15. The van der Waals surface area contributed by atoms with Crippen LogP contribution in [0, 0.1) is 0 Å². The van der Waals surface area contributed by atoms with Gasteiger partial charge in [0.05, 0.1) is 6.61 Å². The van der Waals surface area contributed by atoms with Crippen LogP contribution in [0.2, 0.25) is 0 Å². The minimum absolute atomic E-state index is 0.213. The number of ether oxygens (including phenoxy) is 1. The molecule has 0 fully saturated rings. The van der Waals surface area contributed by atoms with E-state index in [9.17, 15) is 31.5 Å². The zero-order valence-corrected chi connectivity index (χ0v) is 11.8. The summed E-state index contributed by atoms with van der Waals surface area (Å²) < 4.78 is 67.2. The van der Waals surface area contributed by atoms with Crippen molar-refractivity contribution in [3.8, 4) is 0 Å². The lowest BCUT2D eigenvalue weighted by Gasteiger charge is -2.21. The SMILES string of the molecule is CCOC(=O)C(=CN(CC)CC)C(=O)C(F)(F)C(F)(F)F. The normalized spacial score (nSPS) is 13.0. The molecule has 0 bridgehead atoms. The molecule has 0 spiro atoms. The van der Waals surface area contributed by atoms with Crippen LogP contribution in [0.3, 0.4) is 0 Å². The van der Waals surface area contributed by atoms with Gasteiger partial charge in [0.1, 0.15) is 5.57 Å². The quantitative estimate of drug-likeness (QED) is 0.238. The van der Waals surface area contributed by atoms with Gasteiger partial charge in [-0.15, -0.1) is 0 Å². The van der Waals surface area contributed by atoms with Crippen molar-refractivity contribution < 1.29 is 36.3 Å². The van der Waals surface area contributed by atoms with Gasteiger partial charge in [0, 0.05) is 19.3 Å². The Labute approximate surface area is 118 Å². The first-order valence-corrected chi connectivity index (χ1v) is 6.15. The topological polar surface area (TPSA) is 46.6 Å². The number of halogens is 5. The Morgan fingerprint density at radius 1 is 1.05 bits per heavy atom. The van der Waals surface area contributed by atoms with Gasteiger partial charge >= 0.3 is 18.1 Å². The average Bonchev–Trinajstić information content (AvgIpc) is 2.38. The summed E-state index contributed by atoms with van der Waals surface area (Å²) >= 11 is 0. The maximum absolute atomic E-state index is 13.1. The summed E-state index contributed by atoms with van der Waals surface area (Å²) in [6.07, 6.45) is -5.42. The molecule has 0 aromatic carbocycles. The zero-order chi connectivity index (χ0) is 16.8. The Balaban J connectivity index is 5.71. The molecular weight excluding hydrogens is 301 g/mol. The number of carbonyl (C=O) groups excluding carboxylic acids is 2. The molecule has 9 heteroatoms. The Morgan fingerprint density at radius 2 is 1.52 bits per heavy atom. The highest BCUT2D eigenvalue weighted by molar-refractivity contribution is 6.20. The zero-order valence-electron chi connectivity index (χ0n) is 11.8. The van der Waals surface area contributed by atoms with E-state index in [0.717, 1.165) is 0 Å². The van der Waals surface area contributed by atoms with Gasteiger partial charge in [-0.3, -0.25) is 4.79 Å². The first kappa shape index (κ1) is 19.3. The van der Waals surface area contributed by atoms with Crippen molar-refractivity contribution in [2.24, 2.45) is 0 Å². The van der Waals surface area contributed by atoms with E-state index in [1.807, 2.05) is 0 Å². The van der Waals surface area contributed by atoms with Crippen molar-refractivity contribution in [2.75, 3.05) is 19.7 Å². The molecule has 0 aliphatic carbocycles. The molecule has 0 aliphatic heterocycles. The Kier molecular flexibility index (Phi) is 6.78. The standard InChI is InChI=1S/C12H16F5NO3/c1-4-18(5-2)7-8(10(20)21-6-3)9(19)11(13,14)12(15,16)17/h7H,4-6H2,1-3H3. The van der Waals surface area contributed by atoms with E-state index in [1.165, 1.54) is 11.8 Å². The molecule has 0 amide bonds. The van der Waals surface area contributed by atoms with E-state index < -0.39 is 29.4 Å². The highest BCUT2D eigenvalue weighted by Crippen LogP contribution is 2.38. The highest BCUT2D eigenvalue weighted by Gasteiger charge is 2.64. The van der Waals surface area contributed by atoms with Crippen LogP contribution in [0.4, 0.5) is 22.0 Å². The summed E-state index contributed by atoms with van der Waals surface area (Å²) in [7, 11) is 0. The van der Waals surface area contributed by atoms with Crippen LogP contribution in [0.5, 0.6) is 0 Å². The molecule has 0 radical (unpaired) electrons. The van der Waals surface area contributed by atoms with Gasteiger partial charge in [-0.05, 0) is 20.8 Å². The number of esters is 1. The minimum atomic E-state index is -6.08. The third-order valence-electron chi connectivity index (χ3n) is 2.51. The van der Waals surface area contributed by atoms with Crippen molar-refractivity contribution >= 4 is 11.8 Å². The predicted octanol–water partition coefficient (Wildman–Crippen LogP) is 2.54. The molecule has 0 heterocycles. The number of hydrogen-bond acceptors (Lipinski definition) is 4. The van der Waals surface area contributed by atoms with Crippen LogP contribution in [0.1, 0.15) is 20.8 Å². The van der Waals surface area contributed by atoms with Crippen LogP contribution in [0.25, 0.3) is 0 Å². The van der Waals surface area contributed by atoms with Gasteiger partial charge in [0.15, 0.2) is 0 Å². The molecule has 122 valence electrons. The van der Waals surface area contributed by atoms with Gasteiger partial charge < -0.3 is 9.64 Å². The van der Waals surface area contributed by atoms with Crippen LogP contribution in [0.15, 0.2) is 11.8 Å². The summed E-state index contributed by atoms with van der Waals surface area (Å²) in [5.74, 6) is -9.79. The van der Waals surface area contributed by atoms with Gasteiger partial charge in [-0.2, -0.15) is 22.0 Å². The van der Waals surface area contributed by atoms with Gasteiger partial charge in [0.2, 0.25) is 5.78 Å². The predicted molar refractivity (Wildman–Crippen MR) is 63.6 cm³/mol. The third-order valence-corrected chi connectivity index (χ3v) is 2.51. The number of carbonyl (C=O) groups is 2. The fraction of sp³-hybridized carbons (Fsp3) is 0.667. The minimum Gasteiger partial charge on any atom is -0.462 e. The molecule has 0 N–H and O–H groups in total. The van der Waals surface area contributed by atoms with E-state index in [1.54, 1.807) is 13.8 Å². The molecule has 0 aromatic rings. The molecule has 0 aromatic heterocycles. The molecule has 4 nitrogen and oxygen atoms in total. The molecule has 0 aliphatic rings. The van der Waals surface area contributed by atoms with Gasteiger partial charge in [-0.1, -0.05) is 0 Å². The van der Waals surface area contributed by atoms with Crippen LogP contribution < -0.4 is 0 Å². The summed E-state index contributed by atoms with van der Waals surface area (Å²) in [6, 6.07) is 0. The number of Topliss-reactive ketones (excluding diaryl/α,β-unsaturated/α-hetero) is 1. The Morgan fingerprint density at radius 3 is 1.86 bits per heavy atom. The smallest absolute Gasteiger partial charge is 0.461 e. The fourth-order valence-corrected chi connectivity index (χ4v) is 1.30. The van der Waals surface area contributed by atoms with Gasteiger partial charge in [0.25, 0.3) is 0 Å². The third kappa shape index (κ3) is 4.68. The Hall–Kier alpha value is -1.67. The number of ketones is 1. The highest BCUT2D eigenvalue weighted by atomic mass is 19.4. The lowest BCUT2D eigenvalue weighted by molar-refractivity contribution is -0.266. The van der Waals surface area contributed by atoms with E-state index >= 15 is 0 Å². The maximum Gasteiger partial charge on any atom is 0.461 e. The molecular formula is C12H16F5NO3. The lowest BCUT2D eigenvalue weighted by atomic mass is 10.1. The molecule has 21 heavy (non-hydrogen) atoms. The molecule has 0 atom stereocenters. The second-order valence-corrected chi connectivity index (χ2v) is 3.89. The lowest BCUT2D eigenvalue weighted by Crippen LogP contribution is -2.46. The second kappa shape index (κ2) is 7.37. The summed E-state index contributed by atoms with van der Waals surface area (Å²) in [5.41, 5.74) is -1.33. The monoisotopic (exact) mass is 317 g/mol. The van der Waals surface area contributed by atoms with E-state index in [2.05, 4.69) is 4.74 Å². The maximum atomic E-state index is 13.1. The van der Waals surface area contributed by atoms with Crippen molar-refractivity contribution in [1.29, 1.82) is 0 Å². The van der Waals surface area contributed by atoms with E-state index in [-0.39, 0.29) is 19.7 Å². The largest absolute Gasteiger partial charge is 0.462 e. The average molecular weight is 317 g/mol. The van der Waals surface area contributed by atoms with Crippen LogP contribution in [-0.4, -0.2) is 48.4 Å². The van der Waals surface area contributed by atoms with Crippen LogP contribution >= 0.6 is 0 Å². The van der Waals surface area contributed by atoms with Crippen molar-refractivity contribution in [1.82, 2.24) is 4.90 Å². The molecule has 0 unspecified atom stereocenters. The van der Waals surface area contributed by atoms with Crippen molar-refractivity contribution in [3.63, 3.8) is 0 Å². The number of hydrogen-bond donors (Lipinski definition) is 0. The van der Waals surface area contributed by atoms with Gasteiger partial charge in [-0.25, -0.2) is 4.79 Å². The summed E-state index contributed by atoms with van der Waals surface area (Å²) in [6.45, 7) is 4.65. The van der Waals surface area contributed by atoms with Crippen molar-refractivity contribution in [2.45, 2.75) is 32.9 Å². The van der Waals surface area contributed by atoms with Crippen LogP contribution in [-0.2, 0) is 14.3 Å². The molecule has 0 saturated carbocycles. The van der Waals surface area contributed by atoms with E-state index in [0.29, 0.717) is 6.20 Å². The second-order valence-electron chi connectivity index (χ2n) is 3.89. The molecule has 0 saturated heterocycles. The summed E-state index contributed by atoms with van der Waals surface area (Å²) in [5, 5.41) is 0. The number of alkyl halides is 5. The van der Waals surface area contributed by atoms with E-state index in [4.69, 9.17) is 0 Å². The fourth-order valence-electron chi connectivity index (χ4n) is 1.30. The number of nitrogens with zero attached hydrogens (tertiary/aromatic N) is 1. The first-order chi connectivity index (χ1) is 9.52. The van der Waals surface area contributed by atoms with Crippen molar-refractivity contribution in [3.05, 3.63) is 11.8 Å².